The van der Waals surface area contributed by atoms with E-state index in [9.17, 15) is 0 Å². The van der Waals surface area contributed by atoms with Gasteiger partial charge in [-0.3, -0.25) is 0 Å². The lowest BCUT2D eigenvalue weighted by atomic mass is 10.0. The molecule has 3 rings (SSSR count). The van der Waals surface area contributed by atoms with Crippen molar-refractivity contribution in [2.75, 3.05) is 0 Å². The van der Waals surface area contributed by atoms with Crippen LogP contribution in [0.1, 0.15) is 38.2 Å². The van der Waals surface area contributed by atoms with Crippen LogP contribution in [-0.2, 0) is 5.54 Å². The minimum Gasteiger partial charge on any atom is -0.305 e. The van der Waals surface area contributed by atoms with Crippen LogP contribution < -0.4 is 5.32 Å². The first-order valence-electron chi connectivity index (χ1n) is 6.23. The zero-order valence-electron chi connectivity index (χ0n) is 9.67. The summed E-state index contributed by atoms with van der Waals surface area (Å²) < 4.78 is 0. The summed E-state index contributed by atoms with van der Waals surface area (Å²) in [5.74, 6) is 0.914. The first kappa shape index (κ1) is 10.6. The molecule has 0 spiro atoms. The molecule has 2 heteroatoms. The lowest BCUT2D eigenvalue weighted by Crippen LogP contribution is -2.37. The molecule has 0 aliphatic heterocycles. The van der Waals surface area contributed by atoms with E-state index >= 15 is 0 Å². The molecular formula is C14H18ClN. The first-order chi connectivity index (χ1) is 7.70. The van der Waals surface area contributed by atoms with Crippen molar-refractivity contribution >= 4 is 11.6 Å². The third kappa shape index (κ3) is 1.99. The van der Waals surface area contributed by atoms with Gasteiger partial charge in [-0.25, -0.2) is 0 Å². The van der Waals surface area contributed by atoms with Crippen molar-refractivity contribution in [3.63, 3.8) is 0 Å². The molecule has 1 N–H and O–H groups in total. The van der Waals surface area contributed by atoms with Gasteiger partial charge in [-0.1, -0.05) is 23.7 Å². The van der Waals surface area contributed by atoms with Crippen LogP contribution in [0.25, 0.3) is 0 Å². The number of benzene rings is 1. The largest absolute Gasteiger partial charge is 0.305 e. The number of hydrogen-bond acceptors (Lipinski definition) is 1. The number of nitrogens with one attached hydrogen (secondary N) is 1. The SMILES string of the molecule is CC(NC1(c2cccc(Cl)c2)CC1)C1CC1. The van der Waals surface area contributed by atoms with E-state index in [0.29, 0.717) is 6.04 Å². The summed E-state index contributed by atoms with van der Waals surface area (Å²) in [5.41, 5.74) is 1.61. The third-order valence-corrected chi connectivity index (χ3v) is 4.20. The van der Waals surface area contributed by atoms with E-state index in [0.717, 1.165) is 10.9 Å². The van der Waals surface area contributed by atoms with Crippen molar-refractivity contribution in [3.05, 3.63) is 34.9 Å². The Morgan fingerprint density at radius 3 is 2.69 bits per heavy atom. The van der Waals surface area contributed by atoms with Gasteiger partial charge in [-0.05, 0) is 56.2 Å². The van der Waals surface area contributed by atoms with Crippen LogP contribution in [-0.4, -0.2) is 6.04 Å². The van der Waals surface area contributed by atoms with E-state index in [-0.39, 0.29) is 5.54 Å². The van der Waals surface area contributed by atoms with Crippen LogP contribution in [0.5, 0.6) is 0 Å². The summed E-state index contributed by atoms with van der Waals surface area (Å²) in [6.07, 6.45) is 5.31. The van der Waals surface area contributed by atoms with E-state index < -0.39 is 0 Å². The highest BCUT2D eigenvalue weighted by Crippen LogP contribution is 2.48. The van der Waals surface area contributed by atoms with Crippen LogP contribution in [0, 0.1) is 5.92 Å². The monoisotopic (exact) mass is 235 g/mol. The zero-order chi connectivity index (χ0) is 11.2. The maximum atomic E-state index is 6.06. The summed E-state index contributed by atoms with van der Waals surface area (Å²) in [4.78, 5) is 0. The van der Waals surface area contributed by atoms with Gasteiger partial charge in [0.05, 0.1) is 0 Å². The Labute approximate surface area is 102 Å². The Balaban J connectivity index is 1.77. The minimum atomic E-state index is 0.243. The molecule has 2 aliphatic carbocycles. The predicted octanol–water partition coefficient (Wildman–Crippen LogP) is 3.72. The molecule has 1 unspecified atom stereocenters. The molecule has 86 valence electrons. The second kappa shape index (κ2) is 3.75. The van der Waals surface area contributed by atoms with Crippen LogP contribution in [0.2, 0.25) is 5.02 Å². The van der Waals surface area contributed by atoms with E-state index in [1.165, 1.54) is 31.2 Å². The lowest BCUT2D eigenvalue weighted by molar-refractivity contribution is 0.407. The molecular weight excluding hydrogens is 218 g/mol. The van der Waals surface area contributed by atoms with Crippen LogP contribution in [0.3, 0.4) is 0 Å². The normalized spacial score (nSPS) is 24.1. The van der Waals surface area contributed by atoms with Gasteiger partial charge >= 0.3 is 0 Å². The fourth-order valence-corrected chi connectivity index (χ4v) is 2.77. The Hall–Kier alpha value is -0.530. The van der Waals surface area contributed by atoms with Crippen LogP contribution in [0.4, 0.5) is 0 Å². The Bertz CT molecular complexity index is 393. The van der Waals surface area contributed by atoms with Crippen LogP contribution >= 0.6 is 11.6 Å². The predicted molar refractivity (Wildman–Crippen MR) is 67.7 cm³/mol. The van der Waals surface area contributed by atoms with Gasteiger partial charge in [0.25, 0.3) is 0 Å². The molecule has 0 saturated heterocycles. The highest BCUT2D eigenvalue weighted by Gasteiger charge is 2.46. The van der Waals surface area contributed by atoms with E-state index in [2.05, 4.69) is 30.4 Å². The Kier molecular flexibility index (Phi) is 2.49. The maximum absolute atomic E-state index is 6.06. The highest BCUT2D eigenvalue weighted by atomic mass is 35.5. The highest BCUT2D eigenvalue weighted by molar-refractivity contribution is 6.30. The maximum Gasteiger partial charge on any atom is 0.0438 e. The van der Waals surface area contributed by atoms with Gasteiger partial charge in [0.2, 0.25) is 0 Å². The van der Waals surface area contributed by atoms with Crippen LogP contribution in [0.15, 0.2) is 24.3 Å². The molecule has 0 bridgehead atoms. The number of hydrogen-bond donors (Lipinski definition) is 1. The van der Waals surface area contributed by atoms with Gasteiger partial charge in [-0.2, -0.15) is 0 Å². The van der Waals surface area contributed by atoms with Crippen molar-refractivity contribution in [3.8, 4) is 0 Å². The van der Waals surface area contributed by atoms with Gasteiger partial charge < -0.3 is 5.32 Å². The molecule has 16 heavy (non-hydrogen) atoms. The van der Waals surface area contributed by atoms with E-state index in [4.69, 9.17) is 11.6 Å². The topological polar surface area (TPSA) is 12.0 Å². The van der Waals surface area contributed by atoms with Gasteiger partial charge in [0.15, 0.2) is 0 Å². The van der Waals surface area contributed by atoms with E-state index in [1.807, 2.05) is 6.07 Å². The Morgan fingerprint density at radius 1 is 1.38 bits per heavy atom. The molecule has 0 radical (unpaired) electrons. The summed E-state index contributed by atoms with van der Waals surface area (Å²) in [6.45, 7) is 2.32. The Morgan fingerprint density at radius 2 is 2.12 bits per heavy atom. The van der Waals surface area contributed by atoms with Gasteiger partial charge in [-0.15, -0.1) is 0 Å². The standard InChI is InChI=1S/C14H18ClN/c1-10(11-5-6-11)16-14(7-8-14)12-3-2-4-13(15)9-12/h2-4,9-11,16H,5-8H2,1H3. The van der Waals surface area contributed by atoms with Crippen molar-refractivity contribution < 1.29 is 0 Å². The molecule has 1 aromatic carbocycles. The minimum absolute atomic E-state index is 0.243. The summed E-state index contributed by atoms with van der Waals surface area (Å²) in [5, 5.41) is 4.67. The first-order valence-corrected chi connectivity index (χ1v) is 6.61. The third-order valence-electron chi connectivity index (χ3n) is 3.96. The summed E-state index contributed by atoms with van der Waals surface area (Å²) in [7, 11) is 0. The van der Waals surface area contributed by atoms with Crippen molar-refractivity contribution in [2.24, 2.45) is 5.92 Å². The summed E-state index contributed by atoms with van der Waals surface area (Å²) >= 11 is 6.06. The fourth-order valence-electron chi connectivity index (χ4n) is 2.58. The molecule has 2 saturated carbocycles. The molecule has 0 aromatic heterocycles. The number of halogens is 1. The van der Waals surface area contributed by atoms with Crippen molar-refractivity contribution in [1.29, 1.82) is 0 Å². The van der Waals surface area contributed by atoms with E-state index in [1.54, 1.807) is 0 Å². The molecule has 0 heterocycles. The quantitative estimate of drug-likeness (QED) is 0.839. The zero-order valence-corrected chi connectivity index (χ0v) is 10.4. The average Bonchev–Trinajstić information content (AvgIpc) is 3.13. The summed E-state index contributed by atoms with van der Waals surface area (Å²) in [6, 6.07) is 8.97. The lowest BCUT2D eigenvalue weighted by Gasteiger charge is -2.23. The molecule has 2 fully saturated rings. The second-order valence-corrected chi connectivity index (χ2v) is 5.80. The average molecular weight is 236 g/mol. The molecule has 0 amide bonds. The molecule has 2 aliphatic rings. The van der Waals surface area contributed by atoms with Crippen molar-refractivity contribution in [2.45, 2.75) is 44.2 Å². The molecule has 1 atom stereocenters. The molecule has 1 aromatic rings. The van der Waals surface area contributed by atoms with Crippen molar-refractivity contribution in [1.82, 2.24) is 5.32 Å². The second-order valence-electron chi connectivity index (χ2n) is 5.36. The number of rotatable bonds is 4. The van der Waals surface area contributed by atoms with Gasteiger partial charge in [0, 0.05) is 16.6 Å². The molecule has 1 nitrogen and oxygen atoms in total. The van der Waals surface area contributed by atoms with Gasteiger partial charge in [0.1, 0.15) is 0 Å². The smallest absolute Gasteiger partial charge is 0.0438 e. The fraction of sp³-hybridized carbons (Fsp3) is 0.571.